The van der Waals surface area contributed by atoms with Crippen LogP contribution in [0.2, 0.25) is 0 Å². The molecule has 0 heterocycles. The SMILES string of the molecule is CC.Cc1ccc(CC(N)C(=O)O)cc1. The summed E-state index contributed by atoms with van der Waals surface area (Å²) >= 11 is 0. The molecule has 0 spiro atoms. The fourth-order valence-electron chi connectivity index (χ4n) is 1.07. The van der Waals surface area contributed by atoms with Gasteiger partial charge in [0.25, 0.3) is 0 Å². The van der Waals surface area contributed by atoms with Gasteiger partial charge in [0.05, 0.1) is 0 Å². The Morgan fingerprint density at radius 3 is 2.20 bits per heavy atom. The third-order valence-electron chi connectivity index (χ3n) is 1.89. The molecule has 0 aliphatic rings. The Morgan fingerprint density at radius 1 is 1.33 bits per heavy atom. The number of hydrogen-bond donors (Lipinski definition) is 2. The standard InChI is InChI=1S/C10H13NO2.C2H6/c1-7-2-4-8(5-3-7)6-9(11)10(12)13;1-2/h2-5,9H,6,11H2,1H3,(H,12,13);1-2H3. The van der Waals surface area contributed by atoms with Gasteiger partial charge in [0.1, 0.15) is 6.04 Å². The first kappa shape index (κ1) is 13.7. The second kappa shape index (κ2) is 7.01. The van der Waals surface area contributed by atoms with Gasteiger partial charge in [-0.05, 0) is 18.9 Å². The van der Waals surface area contributed by atoms with E-state index < -0.39 is 12.0 Å². The van der Waals surface area contributed by atoms with Crippen LogP contribution in [0.5, 0.6) is 0 Å². The number of hydrogen-bond acceptors (Lipinski definition) is 2. The Labute approximate surface area is 90.9 Å². The Balaban J connectivity index is 0.000000921. The molecule has 0 aliphatic heterocycles. The maximum absolute atomic E-state index is 10.4. The lowest BCUT2D eigenvalue weighted by atomic mass is 10.1. The van der Waals surface area contributed by atoms with Gasteiger partial charge in [-0.1, -0.05) is 43.7 Å². The highest BCUT2D eigenvalue weighted by molar-refractivity contribution is 5.73. The highest BCUT2D eigenvalue weighted by atomic mass is 16.4. The number of carboxylic acid groups (broad SMARTS) is 1. The van der Waals surface area contributed by atoms with Crippen molar-refractivity contribution in [2.75, 3.05) is 0 Å². The molecular weight excluding hydrogens is 190 g/mol. The smallest absolute Gasteiger partial charge is 0.320 e. The van der Waals surface area contributed by atoms with Crippen molar-refractivity contribution in [3.63, 3.8) is 0 Å². The minimum absolute atomic E-state index is 0.385. The summed E-state index contributed by atoms with van der Waals surface area (Å²) in [5.41, 5.74) is 7.51. The van der Waals surface area contributed by atoms with Gasteiger partial charge in [-0.25, -0.2) is 0 Å². The van der Waals surface area contributed by atoms with E-state index >= 15 is 0 Å². The number of carboxylic acids is 1. The maximum atomic E-state index is 10.4. The molecule has 0 saturated carbocycles. The quantitative estimate of drug-likeness (QED) is 0.800. The predicted molar refractivity (Wildman–Crippen MR) is 61.8 cm³/mol. The molecule has 84 valence electrons. The van der Waals surface area contributed by atoms with Crippen molar-refractivity contribution in [2.45, 2.75) is 33.2 Å². The van der Waals surface area contributed by atoms with Crippen LogP contribution >= 0.6 is 0 Å². The van der Waals surface area contributed by atoms with Gasteiger partial charge < -0.3 is 10.8 Å². The minimum Gasteiger partial charge on any atom is -0.480 e. The average molecular weight is 209 g/mol. The molecule has 1 aromatic rings. The van der Waals surface area contributed by atoms with E-state index in [9.17, 15) is 4.79 Å². The first-order valence-electron chi connectivity index (χ1n) is 5.13. The first-order chi connectivity index (χ1) is 7.09. The Hall–Kier alpha value is -1.35. The Morgan fingerprint density at radius 2 is 1.80 bits per heavy atom. The first-order valence-corrected chi connectivity index (χ1v) is 5.13. The summed E-state index contributed by atoms with van der Waals surface area (Å²) in [6, 6.07) is 6.90. The second-order valence-electron chi connectivity index (χ2n) is 3.13. The number of benzene rings is 1. The molecule has 1 rings (SSSR count). The molecule has 0 aromatic heterocycles. The van der Waals surface area contributed by atoms with Crippen molar-refractivity contribution in [3.05, 3.63) is 35.4 Å². The fourth-order valence-corrected chi connectivity index (χ4v) is 1.07. The van der Waals surface area contributed by atoms with Gasteiger partial charge in [0.2, 0.25) is 0 Å². The lowest BCUT2D eigenvalue weighted by Crippen LogP contribution is -2.32. The molecule has 0 radical (unpaired) electrons. The van der Waals surface area contributed by atoms with Gasteiger partial charge in [0.15, 0.2) is 0 Å². The molecule has 0 amide bonds. The topological polar surface area (TPSA) is 63.3 Å². The van der Waals surface area contributed by atoms with Crippen molar-refractivity contribution in [1.82, 2.24) is 0 Å². The van der Waals surface area contributed by atoms with Crippen LogP contribution in [0.1, 0.15) is 25.0 Å². The largest absolute Gasteiger partial charge is 0.480 e. The molecule has 1 unspecified atom stereocenters. The zero-order chi connectivity index (χ0) is 11.8. The predicted octanol–water partition coefficient (Wildman–Crippen LogP) is 1.98. The molecule has 1 aromatic carbocycles. The van der Waals surface area contributed by atoms with Crippen molar-refractivity contribution in [3.8, 4) is 0 Å². The highest BCUT2D eigenvalue weighted by Gasteiger charge is 2.11. The fraction of sp³-hybridized carbons (Fsp3) is 0.417. The third kappa shape index (κ3) is 5.18. The zero-order valence-electron chi connectivity index (χ0n) is 9.53. The molecule has 15 heavy (non-hydrogen) atoms. The van der Waals surface area contributed by atoms with Crippen molar-refractivity contribution in [2.24, 2.45) is 5.73 Å². The summed E-state index contributed by atoms with van der Waals surface area (Å²) in [4.78, 5) is 10.4. The molecular formula is C12H19NO2. The molecule has 0 aliphatic carbocycles. The molecule has 0 fully saturated rings. The highest BCUT2D eigenvalue weighted by Crippen LogP contribution is 2.05. The van der Waals surface area contributed by atoms with E-state index in [0.29, 0.717) is 6.42 Å². The van der Waals surface area contributed by atoms with Gasteiger partial charge in [-0.3, -0.25) is 4.79 Å². The van der Waals surface area contributed by atoms with E-state index in [-0.39, 0.29) is 0 Å². The number of aryl methyl sites for hydroxylation is 1. The Kier molecular flexibility index (Phi) is 6.38. The molecule has 3 nitrogen and oxygen atoms in total. The van der Waals surface area contributed by atoms with Crippen LogP contribution in [-0.4, -0.2) is 17.1 Å². The van der Waals surface area contributed by atoms with Gasteiger partial charge >= 0.3 is 5.97 Å². The summed E-state index contributed by atoms with van der Waals surface area (Å²) < 4.78 is 0. The van der Waals surface area contributed by atoms with Crippen LogP contribution in [-0.2, 0) is 11.2 Å². The van der Waals surface area contributed by atoms with E-state index in [1.54, 1.807) is 0 Å². The maximum Gasteiger partial charge on any atom is 0.320 e. The second-order valence-corrected chi connectivity index (χ2v) is 3.13. The number of nitrogens with two attached hydrogens (primary N) is 1. The van der Waals surface area contributed by atoms with E-state index in [1.165, 1.54) is 0 Å². The minimum atomic E-state index is -0.958. The summed E-state index contributed by atoms with van der Waals surface area (Å²) in [7, 11) is 0. The van der Waals surface area contributed by atoms with E-state index in [2.05, 4.69) is 0 Å². The third-order valence-corrected chi connectivity index (χ3v) is 1.89. The van der Waals surface area contributed by atoms with E-state index in [1.807, 2.05) is 45.0 Å². The van der Waals surface area contributed by atoms with Crippen LogP contribution in [0.15, 0.2) is 24.3 Å². The van der Waals surface area contributed by atoms with Gasteiger partial charge in [-0.15, -0.1) is 0 Å². The van der Waals surface area contributed by atoms with Crippen LogP contribution in [0.3, 0.4) is 0 Å². The van der Waals surface area contributed by atoms with Crippen LogP contribution in [0.4, 0.5) is 0 Å². The molecule has 0 saturated heterocycles. The number of rotatable bonds is 3. The summed E-state index contributed by atoms with van der Waals surface area (Å²) in [6.07, 6.45) is 0.385. The molecule has 3 N–H and O–H groups in total. The van der Waals surface area contributed by atoms with Crippen molar-refractivity contribution in [1.29, 1.82) is 0 Å². The Bertz CT molecular complexity index is 293. The normalized spacial score (nSPS) is 11.2. The lowest BCUT2D eigenvalue weighted by Gasteiger charge is -2.05. The van der Waals surface area contributed by atoms with Crippen LogP contribution < -0.4 is 5.73 Å². The van der Waals surface area contributed by atoms with Crippen molar-refractivity contribution < 1.29 is 9.90 Å². The molecule has 0 bridgehead atoms. The van der Waals surface area contributed by atoms with E-state index in [0.717, 1.165) is 11.1 Å². The molecule has 3 heteroatoms. The van der Waals surface area contributed by atoms with Gasteiger partial charge in [0, 0.05) is 0 Å². The van der Waals surface area contributed by atoms with Gasteiger partial charge in [-0.2, -0.15) is 0 Å². The monoisotopic (exact) mass is 209 g/mol. The number of carbonyl (C=O) groups is 1. The number of aliphatic carboxylic acids is 1. The van der Waals surface area contributed by atoms with Crippen molar-refractivity contribution >= 4 is 5.97 Å². The lowest BCUT2D eigenvalue weighted by molar-refractivity contribution is -0.138. The summed E-state index contributed by atoms with van der Waals surface area (Å²) in [5, 5.41) is 8.57. The van der Waals surface area contributed by atoms with Crippen LogP contribution in [0.25, 0.3) is 0 Å². The zero-order valence-corrected chi connectivity index (χ0v) is 9.53. The van der Waals surface area contributed by atoms with Crippen LogP contribution in [0, 0.1) is 6.92 Å². The molecule has 1 atom stereocenters. The van der Waals surface area contributed by atoms with E-state index in [4.69, 9.17) is 10.8 Å². The summed E-state index contributed by atoms with van der Waals surface area (Å²) in [6.45, 7) is 5.99. The summed E-state index contributed by atoms with van der Waals surface area (Å²) in [5.74, 6) is -0.958. The average Bonchev–Trinajstić information content (AvgIpc) is 2.24.